The summed E-state index contributed by atoms with van der Waals surface area (Å²) < 4.78 is 0. The Hall–Kier alpha value is -0.0800. The van der Waals surface area contributed by atoms with E-state index in [1.165, 1.54) is 84.0 Å². The second-order valence-electron chi connectivity index (χ2n) is 6.99. The van der Waals surface area contributed by atoms with Gasteiger partial charge in [-0.3, -0.25) is 0 Å². The zero-order valence-electron chi connectivity index (χ0n) is 14.3. The van der Waals surface area contributed by atoms with Crippen LogP contribution in [0.5, 0.6) is 0 Å². The fourth-order valence-electron chi connectivity index (χ4n) is 3.22. The third-order valence-corrected chi connectivity index (χ3v) is 4.50. The zero-order valence-corrected chi connectivity index (χ0v) is 14.3. The monoisotopic (exact) mass is 282 g/mol. The van der Waals surface area contributed by atoms with Gasteiger partial charge in [0, 0.05) is 12.6 Å². The van der Waals surface area contributed by atoms with E-state index >= 15 is 0 Å². The molecule has 0 spiro atoms. The van der Waals surface area contributed by atoms with E-state index < -0.39 is 0 Å². The van der Waals surface area contributed by atoms with Crippen LogP contribution in [-0.2, 0) is 0 Å². The van der Waals surface area contributed by atoms with Gasteiger partial charge in [-0.2, -0.15) is 0 Å². The molecule has 1 aliphatic rings. The standard InChI is InChI=1S/C18H38N2/c1-4-5-6-7-8-9-10-13-20-14-11-12-18(16-20)15-19-17(2)3/h17-19H,4-16H2,1-3H3. The molecule has 0 amide bonds. The van der Waals surface area contributed by atoms with E-state index in [0.717, 1.165) is 5.92 Å². The molecule has 0 aromatic heterocycles. The van der Waals surface area contributed by atoms with Gasteiger partial charge in [-0.05, 0) is 44.8 Å². The molecule has 120 valence electrons. The Bertz CT molecular complexity index is 215. The number of hydrogen-bond donors (Lipinski definition) is 1. The number of unbranched alkanes of at least 4 members (excludes halogenated alkanes) is 6. The van der Waals surface area contributed by atoms with Crippen molar-refractivity contribution in [2.45, 2.75) is 84.6 Å². The molecular formula is C18H38N2. The first-order chi connectivity index (χ1) is 9.72. The number of nitrogens with one attached hydrogen (secondary N) is 1. The Kier molecular flexibility index (Phi) is 10.4. The van der Waals surface area contributed by atoms with Crippen molar-refractivity contribution in [1.29, 1.82) is 0 Å². The van der Waals surface area contributed by atoms with Crippen molar-refractivity contribution in [1.82, 2.24) is 10.2 Å². The van der Waals surface area contributed by atoms with Crippen LogP contribution in [0.2, 0.25) is 0 Å². The molecular weight excluding hydrogens is 244 g/mol. The lowest BCUT2D eigenvalue weighted by atomic mass is 9.97. The molecule has 0 saturated carbocycles. The average Bonchev–Trinajstić information content (AvgIpc) is 2.45. The number of likely N-dealkylation sites (tertiary alicyclic amines) is 1. The fraction of sp³-hybridized carbons (Fsp3) is 1.00. The van der Waals surface area contributed by atoms with Crippen molar-refractivity contribution in [3.63, 3.8) is 0 Å². The van der Waals surface area contributed by atoms with Crippen molar-refractivity contribution >= 4 is 0 Å². The van der Waals surface area contributed by atoms with Gasteiger partial charge in [0.15, 0.2) is 0 Å². The average molecular weight is 283 g/mol. The summed E-state index contributed by atoms with van der Waals surface area (Å²) in [5.41, 5.74) is 0. The minimum absolute atomic E-state index is 0.633. The molecule has 1 fully saturated rings. The largest absolute Gasteiger partial charge is 0.314 e. The van der Waals surface area contributed by atoms with Crippen molar-refractivity contribution in [2.75, 3.05) is 26.2 Å². The minimum atomic E-state index is 0.633. The number of hydrogen-bond acceptors (Lipinski definition) is 2. The van der Waals surface area contributed by atoms with Gasteiger partial charge in [-0.1, -0.05) is 59.3 Å². The third-order valence-electron chi connectivity index (χ3n) is 4.50. The van der Waals surface area contributed by atoms with Crippen LogP contribution in [0.3, 0.4) is 0 Å². The zero-order chi connectivity index (χ0) is 14.6. The summed E-state index contributed by atoms with van der Waals surface area (Å²) >= 11 is 0. The smallest absolute Gasteiger partial charge is 0.00218 e. The van der Waals surface area contributed by atoms with Crippen molar-refractivity contribution < 1.29 is 0 Å². The van der Waals surface area contributed by atoms with Crippen molar-refractivity contribution in [3.05, 3.63) is 0 Å². The third kappa shape index (κ3) is 8.97. The topological polar surface area (TPSA) is 15.3 Å². The summed E-state index contributed by atoms with van der Waals surface area (Å²) in [5, 5.41) is 3.61. The van der Waals surface area contributed by atoms with E-state index in [9.17, 15) is 0 Å². The Morgan fingerprint density at radius 3 is 2.45 bits per heavy atom. The SMILES string of the molecule is CCCCCCCCCN1CCCC(CNC(C)C)C1. The summed E-state index contributed by atoms with van der Waals surface area (Å²) in [7, 11) is 0. The summed E-state index contributed by atoms with van der Waals surface area (Å²) in [4.78, 5) is 2.71. The first-order valence-corrected chi connectivity index (χ1v) is 9.18. The highest BCUT2D eigenvalue weighted by atomic mass is 15.1. The summed E-state index contributed by atoms with van der Waals surface area (Å²) in [6.45, 7) is 12.0. The van der Waals surface area contributed by atoms with Crippen LogP contribution in [0.1, 0.15) is 78.6 Å². The first kappa shape index (κ1) is 18.0. The summed E-state index contributed by atoms with van der Waals surface area (Å²) in [6.07, 6.45) is 12.8. The normalized spacial score (nSPS) is 20.7. The molecule has 0 radical (unpaired) electrons. The lowest BCUT2D eigenvalue weighted by Crippen LogP contribution is -2.41. The maximum Gasteiger partial charge on any atom is 0.00218 e. The molecule has 2 heteroatoms. The highest BCUT2D eigenvalue weighted by Gasteiger charge is 2.19. The molecule has 1 unspecified atom stereocenters. The van der Waals surface area contributed by atoms with Gasteiger partial charge in [-0.15, -0.1) is 0 Å². The Morgan fingerprint density at radius 1 is 1.05 bits per heavy atom. The van der Waals surface area contributed by atoms with E-state index in [1.54, 1.807) is 0 Å². The number of nitrogens with zero attached hydrogens (tertiary/aromatic N) is 1. The highest BCUT2D eigenvalue weighted by Crippen LogP contribution is 2.17. The molecule has 1 saturated heterocycles. The van der Waals surface area contributed by atoms with Gasteiger partial charge in [0.05, 0.1) is 0 Å². The molecule has 0 aromatic rings. The van der Waals surface area contributed by atoms with E-state index in [1.807, 2.05) is 0 Å². The molecule has 20 heavy (non-hydrogen) atoms. The molecule has 0 bridgehead atoms. The van der Waals surface area contributed by atoms with Gasteiger partial charge in [0.25, 0.3) is 0 Å². The maximum absolute atomic E-state index is 3.61. The number of piperidine rings is 1. The summed E-state index contributed by atoms with van der Waals surface area (Å²) in [6, 6.07) is 0.633. The molecule has 0 aliphatic carbocycles. The van der Waals surface area contributed by atoms with Crippen LogP contribution in [0.25, 0.3) is 0 Å². The van der Waals surface area contributed by atoms with Crippen molar-refractivity contribution in [3.8, 4) is 0 Å². The lowest BCUT2D eigenvalue weighted by Gasteiger charge is -2.33. The fourth-order valence-corrected chi connectivity index (χ4v) is 3.22. The molecule has 1 aliphatic heterocycles. The van der Waals surface area contributed by atoms with Crippen molar-refractivity contribution in [2.24, 2.45) is 5.92 Å². The van der Waals surface area contributed by atoms with Crippen LogP contribution in [0.15, 0.2) is 0 Å². The molecule has 1 atom stereocenters. The van der Waals surface area contributed by atoms with Crippen LogP contribution in [0, 0.1) is 5.92 Å². The lowest BCUT2D eigenvalue weighted by molar-refractivity contribution is 0.168. The van der Waals surface area contributed by atoms with Crippen LogP contribution < -0.4 is 5.32 Å². The molecule has 2 nitrogen and oxygen atoms in total. The number of rotatable bonds is 11. The van der Waals surface area contributed by atoms with Crippen LogP contribution in [0.4, 0.5) is 0 Å². The van der Waals surface area contributed by atoms with Gasteiger partial charge < -0.3 is 10.2 Å². The predicted octanol–water partition coefficient (Wildman–Crippen LogP) is 4.45. The van der Waals surface area contributed by atoms with E-state index in [-0.39, 0.29) is 0 Å². The molecule has 1 rings (SSSR count). The maximum atomic E-state index is 3.61. The molecule has 1 heterocycles. The van der Waals surface area contributed by atoms with Crippen LogP contribution >= 0.6 is 0 Å². The van der Waals surface area contributed by atoms with Gasteiger partial charge >= 0.3 is 0 Å². The van der Waals surface area contributed by atoms with Gasteiger partial charge in [0.2, 0.25) is 0 Å². The Morgan fingerprint density at radius 2 is 1.75 bits per heavy atom. The van der Waals surface area contributed by atoms with Gasteiger partial charge in [-0.25, -0.2) is 0 Å². The highest BCUT2D eigenvalue weighted by molar-refractivity contribution is 4.75. The van der Waals surface area contributed by atoms with E-state index in [4.69, 9.17) is 0 Å². The summed E-state index contributed by atoms with van der Waals surface area (Å²) in [5.74, 6) is 0.885. The molecule has 1 N–H and O–H groups in total. The van der Waals surface area contributed by atoms with E-state index in [0.29, 0.717) is 6.04 Å². The second kappa shape index (κ2) is 11.6. The Labute approximate surface area is 127 Å². The van der Waals surface area contributed by atoms with Gasteiger partial charge in [0.1, 0.15) is 0 Å². The van der Waals surface area contributed by atoms with E-state index in [2.05, 4.69) is 31.0 Å². The quantitative estimate of drug-likeness (QED) is 0.563. The minimum Gasteiger partial charge on any atom is -0.314 e. The van der Waals surface area contributed by atoms with Crippen LogP contribution in [-0.4, -0.2) is 37.1 Å². The second-order valence-corrected chi connectivity index (χ2v) is 6.99. The first-order valence-electron chi connectivity index (χ1n) is 9.18. The predicted molar refractivity (Wildman–Crippen MR) is 90.3 cm³/mol. The molecule has 0 aromatic carbocycles. The Balaban J connectivity index is 1.99.